The Hall–Kier alpha value is -2.15. The molecule has 0 bridgehead atoms. The first-order chi connectivity index (χ1) is 8.84. The molecular formula is C17H15N. The van der Waals surface area contributed by atoms with E-state index in [1.807, 2.05) is 12.3 Å². The molecule has 2 aromatic carbocycles. The molecule has 3 rings (SSSR count). The lowest BCUT2D eigenvalue weighted by molar-refractivity contribution is 1.09. The molecule has 0 spiro atoms. The van der Waals surface area contributed by atoms with E-state index in [-0.39, 0.29) is 0 Å². The van der Waals surface area contributed by atoms with E-state index in [1.54, 1.807) is 0 Å². The van der Waals surface area contributed by atoms with Gasteiger partial charge in [-0.3, -0.25) is 4.98 Å². The van der Waals surface area contributed by atoms with Crippen LogP contribution in [0.25, 0.3) is 10.8 Å². The summed E-state index contributed by atoms with van der Waals surface area (Å²) < 4.78 is 0. The van der Waals surface area contributed by atoms with Gasteiger partial charge in [-0.25, -0.2) is 0 Å². The predicted molar refractivity (Wildman–Crippen MR) is 75.7 cm³/mol. The molecule has 0 saturated carbocycles. The van der Waals surface area contributed by atoms with E-state index < -0.39 is 0 Å². The molecule has 0 aliphatic carbocycles. The summed E-state index contributed by atoms with van der Waals surface area (Å²) in [5.74, 6) is 0. The second kappa shape index (κ2) is 4.61. The molecule has 0 fully saturated rings. The molecule has 1 aromatic heterocycles. The van der Waals surface area contributed by atoms with E-state index in [4.69, 9.17) is 0 Å². The normalized spacial score (nSPS) is 10.7. The molecule has 0 atom stereocenters. The fourth-order valence-electron chi connectivity index (χ4n) is 2.32. The molecular weight excluding hydrogens is 218 g/mol. The second-order valence-corrected chi connectivity index (χ2v) is 4.60. The SMILES string of the molecule is Cc1cnc(Cc2ccccc2)c2ccccc12. The Bertz CT molecular complexity index is 672. The molecule has 0 aliphatic heterocycles. The lowest BCUT2D eigenvalue weighted by atomic mass is 10.0. The number of fused-ring (bicyclic) bond motifs is 1. The maximum atomic E-state index is 4.60. The van der Waals surface area contributed by atoms with E-state index in [2.05, 4.69) is 60.4 Å². The Morgan fingerprint density at radius 1 is 0.833 bits per heavy atom. The zero-order valence-corrected chi connectivity index (χ0v) is 10.4. The molecule has 3 aromatic rings. The van der Waals surface area contributed by atoms with Crippen LogP contribution in [0.1, 0.15) is 16.8 Å². The van der Waals surface area contributed by atoms with Crippen molar-refractivity contribution in [3.8, 4) is 0 Å². The van der Waals surface area contributed by atoms with Gasteiger partial charge in [-0.15, -0.1) is 0 Å². The summed E-state index contributed by atoms with van der Waals surface area (Å²) >= 11 is 0. The van der Waals surface area contributed by atoms with Crippen LogP contribution < -0.4 is 0 Å². The fraction of sp³-hybridized carbons (Fsp3) is 0.118. The largest absolute Gasteiger partial charge is 0.260 e. The van der Waals surface area contributed by atoms with Crippen molar-refractivity contribution in [2.45, 2.75) is 13.3 Å². The van der Waals surface area contributed by atoms with Crippen LogP contribution in [0.3, 0.4) is 0 Å². The van der Waals surface area contributed by atoms with Gasteiger partial charge in [-0.2, -0.15) is 0 Å². The van der Waals surface area contributed by atoms with Gasteiger partial charge in [-0.05, 0) is 23.4 Å². The first-order valence-electron chi connectivity index (χ1n) is 6.22. The fourth-order valence-corrected chi connectivity index (χ4v) is 2.32. The summed E-state index contributed by atoms with van der Waals surface area (Å²) in [5, 5.41) is 2.57. The van der Waals surface area contributed by atoms with Crippen molar-refractivity contribution in [2.75, 3.05) is 0 Å². The van der Waals surface area contributed by atoms with Crippen molar-refractivity contribution in [3.63, 3.8) is 0 Å². The number of hydrogen-bond donors (Lipinski definition) is 0. The molecule has 1 nitrogen and oxygen atoms in total. The van der Waals surface area contributed by atoms with Crippen molar-refractivity contribution in [1.29, 1.82) is 0 Å². The van der Waals surface area contributed by atoms with Crippen molar-refractivity contribution < 1.29 is 0 Å². The summed E-state index contributed by atoms with van der Waals surface area (Å²) in [6.07, 6.45) is 2.86. The predicted octanol–water partition coefficient (Wildman–Crippen LogP) is 4.13. The number of rotatable bonds is 2. The van der Waals surface area contributed by atoms with Gasteiger partial charge in [0.1, 0.15) is 0 Å². The zero-order chi connectivity index (χ0) is 12.4. The lowest BCUT2D eigenvalue weighted by Crippen LogP contribution is -1.95. The van der Waals surface area contributed by atoms with Crippen LogP contribution in [0, 0.1) is 6.92 Å². The van der Waals surface area contributed by atoms with Crippen molar-refractivity contribution >= 4 is 10.8 Å². The van der Waals surface area contributed by atoms with Crippen molar-refractivity contribution in [2.24, 2.45) is 0 Å². The molecule has 1 heterocycles. The molecule has 0 amide bonds. The first kappa shape index (κ1) is 11.0. The molecule has 88 valence electrons. The lowest BCUT2D eigenvalue weighted by Gasteiger charge is -2.08. The van der Waals surface area contributed by atoms with Gasteiger partial charge in [0.05, 0.1) is 5.69 Å². The van der Waals surface area contributed by atoms with Crippen LogP contribution in [-0.2, 0) is 6.42 Å². The van der Waals surface area contributed by atoms with E-state index in [9.17, 15) is 0 Å². The van der Waals surface area contributed by atoms with E-state index in [0.717, 1.165) is 12.1 Å². The van der Waals surface area contributed by atoms with Crippen LogP contribution in [0.2, 0.25) is 0 Å². The number of nitrogens with zero attached hydrogens (tertiary/aromatic N) is 1. The monoisotopic (exact) mass is 233 g/mol. The van der Waals surface area contributed by atoms with Crippen LogP contribution in [0.15, 0.2) is 60.8 Å². The Kier molecular flexibility index (Phi) is 2.81. The Labute approximate surface area is 107 Å². The van der Waals surface area contributed by atoms with Crippen molar-refractivity contribution in [1.82, 2.24) is 4.98 Å². The van der Waals surface area contributed by atoms with Gasteiger partial charge in [0.25, 0.3) is 0 Å². The quantitative estimate of drug-likeness (QED) is 0.648. The highest BCUT2D eigenvalue weighted by Gasteiger charge is 2.05. The third-order valence-corrected chi connectivity index (χ3v) is 3.29. The van der Waals surface area contributed by atoms with Gasteiger partial charge >= 0.3 is 0 Å². The number of benzene rings is 2. The minimum Gasteiger partial charge on any atom is -0.260 e. The standard InChI is InChI=1S/C17H15N/c1-13-12-18-17(11-14-7-3-2-4-8-14)16-10-6-5-9-15(13)16/h2-10,12H,11H2,1H3. The number of aryl methyl sites for hydroxylation is 1. The summed E-state index contributed by atoms with van der Waals surface area (Å²) in [6.45, 7) is 2.11. The van der Waals surface area contributed by atoms with Crippen LogP contribution in [0.5, 0.6) is 0 Å². The van der Waals surface area contributed by atoms with Gasteiger partial charge < -0.3 is 0 Å². The zero-order valence-electron chi connectivity index (χ0n) is 10.4. The summed E-state index contributed by atoms with van der Waals surface area (Å²) in [4.78, 5) is 4.60. The van der Waals surface area contributed by atoms with Gasteiger partial charge in [0, 0.05) is 18.0 Å². The maximum absolute atomic E-state index is 4.60. The van der Waals surface area contributed by atoms with Crippen LogP contribution in [-0.4, -0.2) is 4.98 Å². The molecule has 0 aliphatic rings. The summed E-state index contributed by atoms with van der Waals surface area (Å²) in [7, 11) is 0. The van der Waals surface area contributed by atoms with Crippen LogP contribution >= 0.6 is 0 Å². The Balaban J connectivity index is 2.10. The highest BCUT2D eigenvalue weighted by atomic mass is 14.7. The van der Waals surface area contributed by atoms with Crippen LogP contribution in [0.4, 0.5) is 0 Å². The smallest absolute Gasteiger partial charge is 0.0525 e. The minimum atomic E-state index is 0.891. The molecule has 0 radical (unpaired) electrons. The first-order valence-corrected chi connectivity index (χ1v) is 6.22. The minimum absolute atomic E-state index is 0.891. The molecule has 0 unspecified atom stereocenters. The topological polar surface area (TPSA) is 12.9 Å². The Morgan fingerprint density at radius 2 is 1.50 bits per heavy atom. The third-order valence-electron chi connectivity index (χ3n) is 3.29. The molecule has 18 heavy (non-hydrogen) atoms. The van der Waals surface area contributed by atoms with Gasteiger partial charge in [0.2, 0.25) is 0 Å². The number of aromatic nitrogens is 1. The van der Waals surface area contributed by atoms with E-state index in [0.29, 0.717) is 0 Å². The average molecular weight is 233 g/mol. The maximum Gasteiger partial charge on any atom is 0.0525 e. The number of hydrogen-bond acceptors (Lipinski definition) is 1. The highest BCUT2D eigenvalue weighted by molar-refractivity contribution is 5.87. The van der Waals surface area contributed by atoms with Gasteiger partial charge in [-0.1, -0.05) is 54.6 Å². The Morgan fingerprint density at radius 3 is 2.28 bits per heavy atom. The summed E-state index contributed by atoms with van der Waals surface area (Å²) in [6, 6.07) is 19.0. The molecule has 0 N–H and O–H groups in total. The highest BCUT2D eigenvalue weighted by Crippen LogP contribution is 2.22. The van der Waals surface area contributed by atoms with Gasteiger partial charge in [0.15, 0.2) is 0 Å². The third kappa shape index (κ3) is 2.00. The summed E-state index contributed by atoms with van der Waals surface area (Å²) in [5.41, 5.74) is 3.70. The molecule has 0 saturated heterocycles. The molecule has 1 heteroatoms. The van der Waals surface area contributed by atoms with E-state index in [1.165, 1.54) is 21.9 Å². The second-order valence-electron chi connectivity index (χ2n) is 4.60. The average Bonchev–Trinajstić information content (AvgIpc) is 2.44. The number of pyridine rings is 1. The van der Waals surface area contributed by atoms with E-state index >= 15 is 0 Å². The van der Waals surface area contributed by atoms with Crippen molar-refractivity contribution in [3.05, 3.63) is 77.6 Å².